The smallest absolute Gasteiger partial charge is 0.0998 e. The summed E-state index contributed by atoms with van der Waals surface area (Å²) in [5.41, 5.74) is 5.80. The standard InChI is InChI=1S/C18H15N/c1-12-7-13(2)17(8-12)18-10-15-6-4-3-5-14(15)9-16(18)11-19/h3-7,9-10H,8H2,1-2H3. The molecule has 1 nitrogen and oxygen atoms in total. The summed E-state index contributed by atoms with van der Waals surface area (Å²) in [5.74, 6) is 0. The predicted molar refractivity (Wildman–Crippen MR) is 79.6 cm³/mol. The molecule has 0 unspecified atom stereocenters. The molecule has 0 aliphatic heterocycles. The monoisotopic (exact) mass is 245 g/mol. The fourth-order valence-electron chi connectivity index (χ4n) is 2.82. The molecule has 0 atom stereocenters. The van der Waals surface area contributed by atoms with Gasteiger partial charge in [0.15, 0.2) is 0 Å². The van der Waals surface area contributed by atoms with Crippen LogP contribution in [0.5, 0.6) is 0 Å². The molecule has 0 saturated heterocycles. The minimum Gasteiger partial charge on any atom is -0.192 e. The van der Waals surface area contributed by atoms with Crippen molar-refractivity contribution in [1.82, 2.24) is 0 Å². The molecule has 0 bridgehead atoms. The van der Waals surface area contributed by atoms with Crippen molar-refractivity contribution in [3.8, 4) is 6.07 Å². The van der Waals surface area contributed by atoms with E-state index < -0.39 is 0 Å². The maximum Gasteiger partial charge on any atom is 0.0998 e. The van der Waals surface area contributed by atoms with Gasteiger partial charge in [-0.1, -0.05) is 35.9 Å². The lowest BCUT2D eigenvalue weighted by atomic mass is 9.93. The Bertz CT molecular complexity index is 770. The van der Waals surface area contributed by atoms with Crippen LogP contribution in [0.25, 0.3) is 16.3 Å². The molecule has 0 aromatic heterocycles. The molecule has 0 fully saturated rings. The average molecular weight is 245 g/mol. The van der Waals surface area contributed by atoms with E-state index in [1.54, 1.807) is 0 Å². The number of fused-ring (bicyclic) bond motifs is 1. The van der Waals surface area contributed by atoms with E-state index in [2.05, 4.69) is 44.2 Å². The Hall–Kier alpha value is -2.33. The molecule has 19 heavy (non-hydrogen) atoms. The van der Waals surface area contributed by atoms with E-state index in [0.29, 0.717) is 0 Å². The molecular weight excluding hydrogens is 230 g/mol. The molecule has 3 rings (SSSR count). The molecule has 1 heteroatoms. The van der Waals surface area contributed by atoms with Crippen LogP contribution in [-0.2, 0) is 0 Å². The maximum atomic E-state index is 9.40. The summed E-state index contributed by atoms with van der Waals surface area (Å²) in [7, 11) is 0. The van der Waals surface area contributed by atoms with Gasteiger partial charge in [-0.3, -0.25) is 0 Å². The van der Waals surface area contributed by atoms with Gasteiger partial charge >= 0.3 is 0 Å². The minimum absolute atomic E-state index is 0.774. The van der Waals surface area contributed by atoms with Crippen LogP contribution in [0.2, 0.25) is 0 Å². The van der Waals surface area contributed by atoms with Crippen LogP contribution in [0.4, 0.5) is 0 Å². The number of rotatable bonds is 1. The first-order valence-electron chi connectivity index (χ1n) is 6.49. The quantitative estimate of drug-likeness (QED) is 0.705. The van der Waals surface area contributed by atoms with Crippen molar-refractivity contribution in [3.63, 3.8) is 0 Å². The lowest BCUT2D eigenvalue weighted by Crippen LogP contribution is -1.91. The molecular formula is C18H15N. The number of nitriles is 1. The van der Waals surface area contributed by atoms with Gasteiger partial charge < -0.3 is 0 Å². The first-order valence-corrected chi connectivity index (χ1v) is 6.49. The number of benzene rings is 2. The van der Waals surface area contributed by atoms with Crippen molar-refractivity contribution in [2.75, 3.05) is 0 Å². The second-order valence-electron chi connectivity index (χ2n) is 5.19. The average Bonchev–Trinajstić information content (AvgIpc) is 2.76. The lowest BCUT2D eigenvalue weighted by Gasteiger charge is -2.10. The van der Waals surface area contributed by atoms with E-state index in [0.717, 1.165) is 22.9 Å². The van der Waals surface area contributed by atoms with Crippen molar-refractivity contribution in [1.29, 1.82) is 5.26 Å². The van der Waals surface area contributed by atoms with Crippen LogP contribution in [-0.4, -0.2) is 0 Å². The van der Waals surface area contributed by atoms with Gasteiger partial charge in [0, 0.05) is 0 Å². The first kappa shape index (κ1) is 11.7. The van der Waals surface area contributed by atoms with E-state index in [-0.39, 0.29) is 0 Å². The second kappa shape index (κ2) is 4.40. The Morgan fingerprint density at radius 2 is 1.74 bits per heavy atom. The molecule has 0 radical (unpaired) electrons. The molecule has 0 heterocycles. The Morgan fingerprint density at radius 3 is 2.32 bits per heavy atom. The third-order valence-electron chi connectivity index (χ3n) is 3.73. The highest BCUT2D eigenvalue weighted by molar-refractivity contribution is 5.90. The third-order valence-corrected chi connectivity index (χ3v) is 3.73. The number of hydrogen-bond donors (Lipinski definition) is 0. The zero-order chi connectivity index (χ0) is 13.4. The zero-order valence-corrected chi connectivity index (χ0v) is 11.2. The minimum atomic E-state index is 0.774. The van der Waals surface area contributed by atoms with Crippen molar-refractivity contribution in [2.24, 2.45) is 0 Å². The van der Waals surface area contributed by atoms with E-state index in [1.807, 2.05) is 18.2 Å². The normalized spacial score (nSPS) is 14.7. The summed E-state index contributed by atoms with van der Waals surface area (Å²) < 4.78 is 0. The molecule has 2 aromatic rings. The maximum absolute atomic E-state index is 9.40. The summed E-state index contributed by atoms with van der Waals surface area (Å²) in [5, 5.41) is 11.7. The number of allylic oxidation sites excluding steroid dienone is 4. The molecule has 92 valence electrons. The van der Waals surface area contributed by atoms with Gasteiger partial charge in [-0.15, -0.1) is 0 Å². The number of hydrogen-bond acceptors (Lipinski definition) is 1. The molecule has 2 aromatic carbocycles. The van der Waals surface area contributed by atoms with Gasteiger partial charge in [-0.25, -0.2) is 0 Å². The van der Waals surface area contributed by atoms with Crippen LogP contribution >= 0.6 is 0 Å². The highest BCUT2D eigenvalue weighted by atomic mass is 14.3. The van der Waals surface area contributed by atoms with Gasteiger partial charge in [0.05, 0.1) is 11.6 Å². The fourth-order valence-corrected chi connectivity index (χ4v) is 2.82. The summed E-state index contributed by atoms with van der Waals surface area (Å²) in [4.78, 5) is 0. The first-order chi connectivity index (χ1) is 9.19. The predicted octanol–water partition coefficient (Wildman–Crippen LogP) is 4.83. The van der Waals surface area contributed by atoms with Gasteiger partial charge in [-0.05, 0) is 59.9 Å². The SMILES string of the molecule is CC1=CC(C)=C(c2cc3ccccc3cc2C#N)C1. The van der Waals surface area contributed by atoms with Crippen molar-refractivity contribution in [2.45, 2.75) is 20.3 Å². The van der Waals surface area contributed by atoms with Gasteiger partial charge in [0.1, 0.15) is 0 Å². The summed E-state index contributed by atoms with van der Waals surface area (Å²) in [6.45, 7) is 4.27. The molecule has 0 N–H and O–H groups in total. The van der Waals surface area contributed by atoms with Crippen LogP contribution in [0, 0.1) is 11.3 Å². The summed E-state index contributed by atoms with van der Waals surface area (Å²) in [6.07, 6.45) is 3.17. The van der Waals surface area contributed by atoms with E-state index in [9.17, 15) is 5.26 Å². The summed E-state index contributed by atoms with van der Waals surface area (Å²) >= 11 is 0. The molecule has 0 amide bonds. The van der Waals surface area contributed by atoms with Crippen LogP contribution in [0.1, 0.15) is 31.4 Å². The Kier molecular flexibility index (Phi) is 2.72. The summed E-state index contributed by atoms with van der Waals surface area (Å²) in [6, 6.07) is 14.7. The van der Waals surface area contributed by atoms with Gasteiger partial charge in [-0.2, -0.15) is 5.26 Å². The number of nitrogens with zero attached hydrogens (tertiary/aromatic N) is 1. The lowest BCUT2D eigenvalue weighted by molar-refractivity contribution is 1.26. The Labute approximate surface area is 113 Å². The molecule has 0 saturated carbocycles. The van der Waals surface area contributed by atoms with E-state index in [1.165, 1.54) is 22.1 Å². The highest BCUT2D eigenvalue weighted by Crippen LogP contribution is 2.36. The fraction of sp³-hybridized carbons (Fsp3) is 0.167. The molecule has 0 spiro atoms. The van der Waals surface area contributed by atoms with Crippen molar-refractivity contribution < 1.29 is 0 Å². The molecule has 1 aliphatic carbocycles. The second-order valence-corrected chi connectivity index (χ2v) is 5.19. The topological polar surface area (TPSA) is 23.8 Å². The van der Waals surface area contributed by atoms with Crippen LogP contribution in [0.3, 0.4) is 0 Å². The van der Waals surface area contributed by atoms with Gasteiger partial charge in [0.2, 0.25) is 0 Å². The third kappa shape index (κ3) is 1.96. The Morgan fingerprint density at radius 1 is 1.05 bits per heavy atom. The van der Waals surface area contributed by atoms with Gasteiger partial charge in [0.25, 0.3) is 0 Å². The highest BCUT2D eigenvalue weighted by Gasteiger charge is 2.16. The van der Waals surface area contributed by atoms with Crippen LogP contribution in [0.15, 0.2) is 53.6 Å². The zero-order valence-electron chi connectivity index (χ0n) is 11.2. The van der Waals surface area contributed by atoms with Crippen molar-refractivity contribution in [3.05, 3.63) is 64.7 Å². The van der Waals surface area contributed by atoms with E-state index >= 15 is 0 Å². The largest absolute Gasteiger partial charge is 0.192 e. The Balaban J connectivity index is 2.25. The van der Waals surface area contributed by atoms with Crippen LogP contribution < -0.4 is 0 Å². The van der Waals surface area contributed by atoms with Crippen molar-refractivity contribution >= 4 is 16.3 Å². The van der Waals surface area contributed by atoms with E-state index in [4.69, 9.17) is 0 Å². The molecule has 1 aliphatic rings.